The molecule has 2 atom stereocenters. The summed E-state index contributed by atoms with van der Waals surface area (Å²) >= 11 is 0. The van der Waals surface area contributed by atoms with Crippen LogP contribution in [-0.2, 0) is 0 Å². The van der Waals surface area contributed by atoms with Crippen LogP contribution in [0.2, 0.25) is 0 Å². The highest BCUT2D eigenvalue weighted by atomic mass is 35.5. The molecule has 0 aromatic heterocycles. The molecule has 1 N–H and O–H groups in total. The lowest BCUT2D eigenvalue weighted by atomic mass is 9.97. The van der Waals surface area contributed by atoms with Gasteiger partial charge >= 0.3 is 0 Å². The van der Waals surface area contributed by atoms with Crippen molar-refractivity contribution in [2.45, 2.75) is 18.9 Å². The molecule has 0 aromatic rings. The quantitative estimate of drug-likeness (QED) is 0.587. The van der Waals surface area contributed by atoms with E-state index in [1.54, 1.807) is 0 Å². The molecule has 0 bridgehead atoms. The second-order valence-electron chi connectivity index (χ2n) is 2.49. The fraction of sp³-hybridized carbons (Fsp3) is 0.714. The van der Waals surface area contributed by atoms with Crippen molar-refractivity contribution in [3.63, 3.8) is 0 Å². The van der Waals surface area contributed by atoms with Crippen LogP contribution in [0.15, 0.2) is 0 Å². The summed E-state index contributed by atoms with van der Waals surface area (Å²) < 4.78 is 0. The molecule has 4 heteroatoms. The van der Waals surface area contributed by atoms with Crippen molar-refractivity contribution in [1.29, 1.82) is 10.5 Å². The van der Waals surface area contributed by atoms with Gasteiger partial charge in [-0.1, -0.05) is 0 Å². The van der Waals surface area contributed by atoms with Gasteiger partial charge in [0.25, 0.3) is 0 Å². The van der Waals surface area contributed by atoms with E-state index in [9.17, 15) is 0 Å². The van der Waals surface area contributed by atoms with Crippen LogP contribution < -0.4 is 5.32 Å². The summed E-state index contributed by atoms with van der Waals surface area (Å²) in [5.41, 5.74) is 0. The molecule has 11 heavy (non-hydrogen) atoms. The van der Waals surface area contributed by atoms with Crippen molar-refractivity contribution in [3.8, 4) is 12.1 Å². The molecule has 0 amide bonds. The van der Waals surface area contributed by atoms with Gasteiger partial charge in [0.1, 0.15) is 0 Å². The third-order valence-corrected chi connectivity index (χ3v) is 1.75. The lowest BCUT2D eigenvalue weighted by molar-refractivity contribution is 0.400. The van der Waals surface area contributed by atoms with E-state index < -0.39 is 0 Å². The van der Waals surface area contributed by atoms with E-state index in [1.807, 2.05) is 0 Å². The van der Waals surface area contributed by atoms with E-state index in [0.29, 0.717) is 6.54 Å². The minimum Gasteiger partial charge on any atom is -0.301 e. The Hall–Kier alpha value is -0.770. The zero-order chi connectivity index (χ0) is 7.40. The summed E-state index contributed by atoms with van der Waals surface area (Å²) in [5, 5.41) is 19.9. The van der Waals surface area contributed by atoms with E-state index >= 15 is 0 Å². The van der Waals surface area contributed by atoms with Gasteiger partial charge in [-0.25, -0.2) is 0 Å². The summed E-state index contributed by atoms with van der Waals surface area (Å²) in [6.07, 6.45) is 1.68. The number of piperidine rings is 1. The molecule has 1 aliphatic rings. The molecule has 0 aromatic carbocycles. The highest BCUT2D eigenvalue weighted by Gasteiger charge is 2.18. The first-order chi connectivity index (χ1) is 4.86. The van der Waals surface area contributed by atoms with Gasteiger partial charge in [-0.15, -0.1) is 12.4 Å². The highest BCUT2D eigenvalue weighted by molar-refractivity contribution is 5.85. The summed E-state index contributed by atoms with van der Waals surface area (Å²) in [4.78, 5) is 0. The monoisotopic (exact) mass is 171 g/mol. The van der Waals surface area contributed by atoms with Crippen molar-refractivity contribution in [2.75, 3.05) is 6.54 Å². The van der Waals surface area contributed by atoms with Crippen LogP contribution in [0.4, 0.5) is 0 Å². The average Bonchev–Trinajstić information content (AvgIpc) is 2.05. The maximum atomic E-state index is 8.48. The Labute approximate surface area is 72.4 Å². The molecular weight excluding hydrogens is 162 g/mol. The normalized spacial score (nSPS) is 29.3. The Balaban J connectivity index is 0.000001000. The number of hydrogen-bond acceptors (Lipinski definition) is 3. The molecule has 1 aliphatic heterocycles. The first-order valence-electron chi connectivity index (χ1n) is 3.39. The maximum absolute atomic E-state index is 8.48. The van der Waals surface area contributed by atoms with E-state index in [0.717, 1.165) is 12.8 Å². The first-order valence-corrected chi connectivity index (χ1v) is 3.39. The largest absolute Gasteiger partial charge is 0.301 e. The van der Waals surface area contributed by atoms with Crippen LogP contribution in [0.1, 0.15) is 12.8 Å². The minimum atomic E-state index is -0.0235. The number of halogens is 1. The van der Waals surface area contributed by atoms with Crippen LogP contribution in [0.25, 0.3) is 0 Å². The summed E-state index contributed by atoms with van der Waals surface area (Å²) in [6, 6.07) is 4.28. The van der Waals surface area contributed by atoms with E-state index in [4.69, 9.17) is 10.5 Å². The Bertz CT molecular complexity index is 161. The van der Waals surface area contributed by atoms with Gasteiger partial charge in [0.05, 0.1) is 24.1 Å². The summed E-state index contributed by atoms with van der Waals surface area (Å²) in [6.45, 7) is 0.675. The van der Waals surface area contributed by atoms with Crippen LogP contribution in [0.3, 0.4) is 0 Å². The van der Waals surface area contributed by atoms with Crippen molar-refractivity contribution < 1.29 is 0 Å². The fourth-order valence-electron chi connectivity index (χ4n) is 1.08. The topological polar surface area (TPSA) is 59.6 Å². The van der Waals surface area contributed by atoms with Crippen LogP contribution in [0.5, 0.6) is 0 Å². The second-order valence-corrected chi connectivity index (χ2v) is 2.49. The van der Waals surface area contributed by atoms with Gasteiger partial charge in [0.2, 0.25) is 0 Å². The molecule has 3 nitrogen and oxygen atoms in total. The van der Waals surface area contributed by atoms with E-state index in [1.165, 1.54) is 0 Å². The smallest absolute Gasteiger partial charge is 0.0953 e. The number of nitriles is 2. The van der Waals surface area contributed by atoms with Crippen molar-refractivity contribution in [3.05, 3.63) is 0 Å². The lowest BCUT2D eigenvalue weighted by Crippen LogP contribution is -2.37. The SMILES string of the molecule is Cl.N#CC1CCC(C#N)NC1. The third kappa shape index (κ3) is 2.76. The van der Waals surface area contributed by atoms with Crippen molar-refractivity contribution in [2.24, 2.45) is 5.92 Å². The second kappa shape index (κ2) is 4.96. The van der Waals surface area contributed by atoms with Gasteiger partial charge < -0.3 is 5.32 Å². The number of hydrogen-bond donors (Lipinski definition) is 1. The molecule has 1 rings (SSSR count). The van der Waals surface area contributed by atoms with Crippen LogP contribution in [0, 0.1) is 28.6 Å². The third-order valence-electron chi connectivity index (χ3n) is 1.75. The Morgan fingerprint density at radius 2 is 1.91 bits per heavy atom. The standard InChI is InChI=1S/C7H9N3.ClH/c8-3-6-1-2-7(4-9)10-5-6;/h6-7,10H,1-2,5H2;1H. The van der Waals surface area contributed by atoms with Crippen molar-refractivity contribution in [1.82, 2.24) is 5.32 Å². The first kappa shape index (κ1) is 10.2. The molecule has 0 radical (unpaired) electrons. The summed E-state index contributed by atoms with van der Waals surface area (Å²) in [5.74, 6) is 0.115. The fourth-order valence-corrected chi connectivity index (χ4v) is 1.08. The molecule has 0 aliphatic carbocycles. The van der Waals surface area contributed by atoms with Gasteiger partial charge in [0, 0.05) is 6.54 Å². The molecule has 1 saturated heterocycles. The Kier molecular flexibility index (Phi) is 4.61. The van der Waals surface area contributed by atoms with Crippen LogP contribution >= 0.6 is 12.4 Å². The van der Waals surface area contributed by atoms with Gasteiger partial charge in [-0.2, -0.15) is 10.5 Å². The van der Waals surface area contributed by atoms with Gasteiger partial charge in [-0.05, 0) is 12.8 Å². The predicted octanol–water partition coefficient (Wildman–Crippen LogP) is 0.824. The summed E-state index contributed by atoms with van der Waals surface area (Å²) in [7, 11) is 0. The molecule has 2 unspecified atom stereocenters. The molecule has 1 heterocycles. The van der Waals surface area contributed by atoms with Gasteiger partial charge in [-0.3, -0.25) is 0 Å². The average molecular weight is 172 g/mol. The number of nitrogens with zero attached hydrogens (tertiary/aromatic N) is 2. The molecule has 0 spiro atoms. The maximum Gasteiger partial charge on any atom is 0.0953 e. The number of nitrogens with one attached hydrogen (secondary N) is 1. The zero-order valence-corrected chi connectivity index (χ0v) is 6.90. The molecular formula is C7H10ClN3. The van der Waals surface area contributed by atoms with E-state index in [-0.39, 0.29) is 24.4 Å². The number of rotatable bonds is 0. The van der Waals surface area contributed by atoms with Crippen molar-refractivity contribution >= 4 is 12.4 Å². The minimum absolute atomic E-state index is 0. The zero-order valence-electron chi connectivity index (χ0n) is 6.08. The Morgan fingerprint density at radius 1 is 1.18 bits per heavy atom. The molecule has 0 saturated carbocycles. The lowest BCUT2D eigenvalue weighted by Gasteiger charge is -2.20. The van der Waals surface area contributed by atoms with Crippen LogP contribution in [-0.4, -0.2) is 12.6 Å². The highest BCUT2D eigenvalue weighted by Crippen LogP contribution is 2.12. The van der Waals surface area contributed by atoms with Gasteiger partial charge in [0.15, 0.2) is 0 Å². The van der Waals surface area contributed by atoms with E-state index in [2.05, 4.69) is 17.5 Å². The molecule has 1 fully saturated rings. The Morgan fingerprint density at radius 3 is 2.27 bits per heavy atom. The molecule has 60 valence electrons. The predicted molar refractivity (Wildman–Crippen MR) is 43.0 cm³/mol.